The summed E-state index contributed by atoms with van der Waals surface area (Å²) in [6, 6.07) is -1.61. The van der Waals surface area contributed by atoms with Gasteiger partial charge < -0.3 is 26.4 Å². The maximum Gasteiger partial charge on any atom is 0.326 e. The molecule has 0 aliphatic carbocycles. The van der Waals surface area contributed by atoms with Gasteiger partial charge in [0.2, 0.25) is 5.91 Å². The number of nitrogens with one attached hydrogen (secondary N) is 2. The summed E-state index contributed by atoms with van der Waals surface area (Å²) in [5, 5.41) is 14.2. The molecule has 1 rings (SSSR count). The van der Waals surface area contributed by atoms with Crippen LogP contribution in [0, 0.1) is 5.92 Å². The molecule has 120 valence electrons. The predicted octanol–water partition coefficient (Wildman–Crippen LogP) is -0.655. The highest BCUT2D eigenvalue weighted by atomic mass is 16.4. The largest absolute Gasteiger partial charge is 0.480 e. The molecule has 0 radical (unpaired) electrons. The molecular weight excluding hydrogens is 276 g/mol. The number of carboxylic acid groups (broad SMARTS) is 1. The van der Waals surface area contributed by atoms with E-state index in [1.807, 2.05) is 14.0 Å². The van der Waals surface area contributed by atoms with Gasteiger partial charge in [0, 0.05) is 19.0 Å². The summed E-state index contributed by atoms with van der Waals surface area (Å²) in [7, 11) is 2.02. The van der Waals surface area contributed by atoms with Crippen LogP contribution < -0.4 is 16.4 Å². The monoisotopic (exact) mass is 300 g/mol. The number of hydrogen-bond donors (Lipinski definition) is 4. The minimum atomic E-state index is -1.18. The fourth-order valence-corrected chi connectivity index (χ4v) is 2.48. The van der Waals surface area contributed by atoms with E-state index in [4.69, 9.17) is 10.8 Å². The standard InChI is InChI=1S/C13H24N4O4/c1-8-7-17(2)6-5-9(8)15-13(21)16-10(12(19)20)3-4-11(14)18/h8-10H,3-7H2,1-2H3,(H2,14,18)(H,19,20)(H2,15,16,21)/t8?,9?,10-/m0/s1. The average molecular weight is 300 g/mol. The van der Waals surface area contributed by atoms with Gasteiger partial charge in [0.25, 0.3) is 0 Å². The molecule has 3 amide bonds. The van der Waals surface area contributed by atoms with Crippen molar-refractivity contribution in [2.45, 2.75) is 38.3 Å². The van der Waals surface area contributed by atoms with Crippen LogP contribution in [-0.4, -0.2) is 60.1 Å². The molecule has 0 saturated carbocycles. The molecule has 1 aliphatic heterocycles. The van der Waals surface area contributed by atoms with Gasteiger partial charge in [0.1, 0.15) is 6.04 Å². The first kappa shape index (κ1) is 17.2. The summed E-state index contributed by atoms with van der Waals surface area (Å²) in [5.41, 5.74) is 4.99. The van der Waals surface area contributed by atoms with Crippen molar-refractivity contribution in [2.75, 3.05) is 20.1 Å². The van der Waals surface area contributed by atoms with Crippen LogP contribution in [-0.2, 0) is 9.59 Å². The number of urea groups is 1. The number of carbonyl (C=O) groups is 3. The number of amides is 3. The summed E-state index contributed by atoms with van der Waals surface area (Å²) in [6.45, 7) is 3.82. The molecule has 0 aromatic rings. The smallest absolute Gasteiger partial charge is 0.326 e. The Morgan fingerprint density at radius 2 is 2.10 bits per heavy atom. The molecule has 8 nitrogen and oxygen atoms in total. The number of nitrogens with zero attached hydrogens (tertiary/aromatic N) is 1. The Morgan fingerprint density at radius 3 is 2.62 bits per heavy atom. The molecular formula is C13H24N4O4. The molecule has 1 aliphatic rings. The van der Waals surface area contributed by atoms with E-state index < -0.39 is 23.9 Å². The van der Waals surface area contributed by atoms with Gasteiger partial charge >= 0.3 is 12.0 Å². The number of nitrogens with two attached hydrogens (primary N) is 1. The molecule has 8 heteroatoms. The zero-order valence-corrected chi connectivity index (χ0v) is 12.5. The number of carboxylic acids is 1. The predicted molar refractivity (Wildman–Crippen MR) is 76.6 cm³/mol. The van der Waals surface area contributed by atoms with E-state index >= 15 is 0 Å². The molecule has 2 unspecified atom stereocenters. The number of aliphatic carboxylic acids is 1. The van der Waals surface area contributed by atoms with Crippen LogP contribution in [0.25, 0.3) is 0 Å². The molecule has 1 fully saturated rings. The lowest BCUT2D eigenvalue weighted by Crippen LogP contribution is -2.54. The summed E-state index contributed by atoms with van der Waals surface area (Å²) in [6.07, 6.45) is 0.729. The van der Waals surface area contributed by atoms with E-state index in [2.05, 4.69) is 15.5 Å². The Bertz CT molecular complexity index is 402. The first-order valence-electron chi connectivity index (χ1n) is 7.06. The summed E-state index contributed by atoms with van der Waals surface area (Å²) < 4.78 is 0. The van der Waals surface area contributed by atoms with Crippen molar-refractivity contribution in [1.82, 2.24) is 15.5 Å². The van der Waals surface area contributed by atoms with Crippen molar-refractivity contribution < 1.29 is 19.5 Å². The number of rotatable bonds is 6. The summed E-state index contributed by atoms with van der Waals surface area (Å²) in [4.78, 5) is 35.8. The maximum absolute atomic E-state index is 11.9. The second kappa shape index (κ2) is 7.82. The molecule has 3 atom stereocenters. The zero-order chi connectivity index (χ0) is 16.0. The number of hydrogen-bond acceptors (Lipinski definition) is 4. The normalized spacial score (nSPS) is 24.1. The summed E-state index contributed by atoms with van der Waals surface area (Å²) in [5.74, 6) is -1.47. The first-order chi connectivity index (χ1) is 9.79. The maximum atomic E-state index is 11.9. The lowest BCUT2D eigenvalue weighted by Gasteiger charge is -2.35. The Morgan fingerprint density at radius 1 is 1.43 bits per heavy atom. The van der Waals surface area contributed by atoms with Crippen molar-refractivity contribution in [1.29, 1.82) is 0 Å². The lowest BCUT2D eigenvalue weighted by atomic mass is 9.94. The van der Waals surface area contributed by atoms with E-state index in [0.29, 0.717) is 5.92 Å². The Labute approximate surface area is 124 Å². The van der Waals surface area contributed by atoms with Gasteiger partial charge in [-0.25, -0.2) is 9.59 Å². The van der Waals surface area contributed by atoms with E-state index in [9.17, 15) is 14.4 Å². The molecule has 5 N–H and O–H groups in total. The molecule has 0 aromatic heterocycles. The topological polar surface area (TPSA) is 125 Å². The van der Waals surface area contributed by atoms with Gasteiger partial charge in [0.05, 0.1) is 0 Å². The van der Waals surface area contributed by atoms with E-state index in [1.54, 1.807) is 0 Å². The lowest BCUT2D eigenvalue weighted by molar-refractivity contribution is -0.139. The van der Waals surface area contributed by atoms with Crippen LogP contribution in [0.3, 0.4) is 0 Å². The van der Waals surface area contributed by atoms with Crippen LogP contribution in [0.4, 0.5) is 4.79 Å². The third-order valence-corrected chi connectivity index (χ3v) is 3.71. The highest BCUT2D eigenvalue weighted by molar-refractivity contribution is 5.83. The molecule has 1 saturated heterocycles. The van der Waals surface area contributed by atoms with Crippen molar-refractivity contribution in [3.8, 4) is 0 Å². The third-order valence-electron chi connectivity index (χ3n) is 3.71. The van der Waals surface area contributed by atoms with Gasteiger partial charge in [-0.3, -0.25) is 4.79 Å². The van der Waals surface area contributed by atoms with E-state index in [-0.39, 0.29) is 18.9 Å². The Hall–Kier alpha value is -1.83. The molecule has 21 heavy (non-hydrogen) atoms. The first-order valence-corrected chi connectivity index (χ1v) is 7.06. The van der Waals surface area contributed by atoms with Crippen LogP contribution in [0.15, 0.2) is 0 Å². The third kappa shape index (κ3) is 5.99. The minimum absolute atomic E-state index is 0.0129. The molecule has 1 heterocycles. The fourth-order valence-electron chi connectivity index (χ4n) is 2.48. The zero-order valence-electron chi connectivity index (χ0n) is 12.5. The Balaban J connectivity index is 2.46. The van der Waals surface area contributed by atoms with Gasteiger partial charge in [-0.2, -0.15) is 0 Å². The van der Waals surface area contributed by atoms with Gasteiger partial charge in [-0.05, 0) is 32.4 Å². The number of piperidine rings is 1. The number of likely N-dealkylation sites (tertiary alicyclic amines) is 1. The van der Waals surface area contributed by atoms with Gasteiger partial charge in [-0.15, -0.1) is 0 Å². The summed E-state index contributed by atoms with van der Waals surface area (Å²) >= 11 is 0. The number of primary amides is 1. The molecule has 0 spiro atoms. The van der Waals surface area contributed by atoms with Crippen molar-refractivity contribution in [3.63, 3.8) is 0 Å². The molecule has 0 aromatic carbocycles. The van der Waals surface area contributed by atoms with Crippen LogP contribution in [0.2, 0.25) is 0 Å². The Kier molecular flexibility index (Phi) is 6.41. The highest BCUT2D eigenvalue weighted by Gasteiger charge is 2.27. The van der Waals surface area contributed by atoms with Crippen LogP contribution in [0.1, 0.15) is 26.2 Å². The van der Waals surface area contributed by atoms with E-state index in [1.165, 1.54) is 0 Å². The molecule has 0 bridgehead atoms. The van der Waals surface area contributed by atoms with Gasteiger partial charge in [-0.1, -0.05) is 6.92 Å². The SMILES string of the molecule is CC1CN(C)CCC1NC(=O)N[C@@H](CCC(N)=O)C(=O)O. The second-order valence-corrected chi connectivity index (χ2v) is 5.65. The fraction of sp³-hybridized carbons (Fsp3) is 0.769. The van der Waals surface area contributed by atoms with Crippen molar-refractivity contribution in [2.24, 2.45) is 11.7 Å². The van der Waals surface area contributed by atoms with Gasteiger partial charge in [0.15, 0.2) is 0 Å². The highest BCUT2D eigenvalue weighted by Crippen LogP contribution is 2.15. The van der Waals surface area contributed by atoms with Crippen molar-refractivity contribution >= 4 is 17.9 Å². The second-order valence-electron chi connectivity index (χ2n) is 5.65. The average Bonchev–Trinajstić information content (AvgIpc) is 2.37. The minimum Gasteiger partial charge on any atom is -0.480 e. The van der Waals surface area contributed by atoms with Crippen molar-refractivity contribution in [3.05, 3.63) is 0 Å². The number of carbonyl (C=O) groups excluding carboxylic acids is 2. The van der Waals surface area contributed by atoms with Crippen LogP contribution >= 0.6 is 0 Å². The quantitative estimate of drug-likeness (QED) is 0.518. The van der Waals surface area contributed by atoms with E-state index in [0.717, 1.165) is 19.5 Å². The van der Waals surface area contributed by atoms with Crippen LogP contribution in [0.5, 0.6) is 0 Å².